The van der Waals surface area contributed by atoms with Crippen molar-refractivity contribution in [2.75, 3.05) is 6.54 Å². The molecule has 1 atom stereocenters. The van der Waals surface area contributed by atoms with Gasteiger partial charge < -0.3 is 25.4 Å². The molecule has 1 aromatic carbocycles. The summed E-state index contributed by atoms with van der Waals surface area (Å²) in [6.45, 7) is 1.000. The molecule has 1 fully saturated rings. The molecule has 0 spiro atoms. The molecule has 3 rings (SSSR count). The van der Waals surface area contributed by atoms with Crippen molar-refractivity contribution in [1.29, 1.82) is 0 Å². The second-order valence-corrected chi connectivity index (χ2v) is 7.95. The highest BCUT2D eigenvalue weighted by Gasteiger charge is 2.28. The highest BCUT2D eigenvalue weighted by Crippen LogP contribution is 2.25. The number of aromatic nitrogens is 1. The molecule has 9 heteroatoms. The van der Waals surface area contributed by atoms with Gasteiger partial charge in [-0.05, 0) is 25.3 Å². The Morgan fingerprint density at radius 2 is 1.75 bits per heavy atom. The average molecular weight is 441 g/mol. The molecule has 1 aliphatic rings. The maximum Gasteiger partial charge on any atom is 0.322 e. The topological polar surface area (TPSA) is 138 Å². The highest BCUT2D eigenvalue weighted by atomic mass is 16.4. The van der Waals surface area contributed by atoms with Gasteiger partial charge in [-0.2, -0.15) is 0 Å². The molecular formula is C23H27N3O6. The summed E-state index contributed by atoms with van der Waals surface area (Å²) in [5.74, 6) is -3.71. The molecule has 0 bridgehead atoms. The molecular weight excluding hydrogens is 414 g/mol. The van der Waals surface area contributed by atoms with Crippen LogP contribution in [-0.2, 0) is 4.79 Å². The van der Waals surface area contributed by atoms with Gasteiger partial charge in [0.05, 0.1) is 11.6 Å². The van der Waals surface area contributed by atoms with Crippen LogP contribution in [0.15, 0.2) is 41.3 Å². The van der Waals surface area contributed by atoms with Gasteiger partial charge in [0.2, 0.25) is 0 Å². The predicted octanol–water partition coefficient (Wildman–Crippen LogP) is 2.04. The van der Waals surface area contributed by atoms with Gasteiger partial charge in [-0.1, -0.05) is 49.6 Å². The number of hydrogen-bond donors (Lipinski definition) is 4. The zero-order valence-electron chi connectivity index (χ0n) is 17.8. The number of carboxylic acid groups (broad SMARTS) is 1. The summed E-state index contributed by atoms with van der Waals surface area (Å²) in [6.07, 6.45) is 5.97. The molecule has 2 aromatic rings. The van der Waals surface area contributed by atoms with Crippen LogP contribution in [0.1, 0.15) is 71.3 Å². The molecule has 9 nitrogen and oxygen atoms in total. The maximum absolute atomic E-state index is 13.1. The summed E-state index contributed by atoms with van der Waals surface area (Å²) in [6, 6.07) is 8.43. The van der Waals surface area contributed by atoms with Crippen LogP contribution in [0.3, 0.4) is 0 Å². The predicted molar refractivity (Wildman–Crippen MR) is 117 cm³/mol. The van der Waals surface area contributed by atoms with E-state index in [-0.39, 0.29) is 11.6 Å². The van der Waals surface area contributed by atoms with E-state index in [0.717, 1.165) is 37.7 Å². The zero-order valence-corrected chi connectivity index (χ0v) is 17.8. The van der Waals surface area contributed by atoms with Crippen LogP contribution in [0.2, 0.25) is 0 Å². The number of aromatic hydroxyl groups is 1. The first-order valence-electron chi connectivity index (χ1n) is 10.6. The van der Waals surface area contributed by atoms with Crippen molar-refractivity contribution >= 4 is 17.8 Å². The normalized spacial score (nSPS) is 15.0. The number of pyridine rings is 1. The monoisotopic (exact) mass is 441 g/mol. The number of carbonyl (C=O) groups excluding carboxylic acids is 2. The van der Waals surface area contributed by atoms with Crippen molar-refractivity contribution < 1.29 is 24.6 Å². The first-order chi connectivity index (χ1) is 15.3. The third-order valence-electron chi connectivity index (χ3n) is 5.72. The Balaban J connectivity index is 2.05. The van der Waals surface area contributed by atoms with E-state index in [1.165, 1.54) is 10.8 Å². The lowest BCUT2D eigenvalue weighted by atomic mass is 9.95. The van der Waals surface area contributed by atoms with Crippen molar-refractivity contribution in [1.82, 2.24) is 15.2 Å². The van der Waals surface area contributed by atoms with Crippen molar-refractivity contribution in [2.24, 2.45) is 0 Å². The van der Waals surface area contributed by atoms with Crippen LogP contribution in [0, 0.1) is 0 Å². The Labute approximate surface area is 185 Å². The molecule has 0 radical (unpaired) electrons. The van der Waals surface area contributed by atoms with Crippen LogP contribution < -0.4 is 16.2 Å². The molecule has 2 amide bonds. The standard InChI is InChI=1S/C23H27N3O6/c1-14(15-8-4-2-5-9-15)26-13-17(21(30)25-16-10-6-3-7-11-16)20(29)19(23(26)32)22(31)24-12-18(27)28/h2,4-5,8-9,13-14,16,29H,3,6-7,10-12H2,1H3,(H,24,31)(H,25,30)(H,27,28)/t14-/m0/s1. The fourth-order valence-electron chi connectivity index (χ4n) is 3.93. The highest BCUT2D eigenvalue weighted by molar-refractivity contribution is 6.04. The Hall–Kier alpha value is -3.62. The maximum atomic E-state index is 13.1. The van der Waals surface area contributed by atoms with Gasteiger partial charge in [0.25, 0.3) is 17.4 Å². The van der Waals surface area contributed by atoms with Gasteiger partial charge in [-0.3, -0.25) is 19.2 Å². The van der Waals surface area contributed by atoms with Gasteiger partial charge in [0.15, 0.2) is 0 Å². The molecule has 170 valence electrons. The van der Waals surface area contributed by atoms with Crippen LogP contribution in [0.5, 0.6) is 5.75 Å². The molecule has 4 N–H and O–H groups in total. The van der Waals surface area contributed by atoms with E-state index in [2.05, 4.69) is 10.6 Å². The summed E-state index contributed by atoms with van der Waals surface area (Å²) < 4.78 is 1.21. The zero-order chi connectivity index (χ0) is 23.3. The Kier molecular flexibility index (Phi) is 7.29. The summed E-state index contributed by atoms with van der Waals surface area (Å²) in [5, 5.41) is 24.5. The largest absolute Gasteiger partial charge is 0.506 e. The van der Waals surface area contributed by atoms with Crippen LogP contribution in [-0.4, -0.2) is 45.2 Å². The fraction of sp³-hybridized carbons (Fsp3) is 0.391. The number of amides is 2. The van der Waals surface area contributed by atoms with Gasteiger partial charge in [-0.25, -0.2) is 0 Å². The van der Waals surface area contributed by atoms with E-state index in [4.69, 9.17) is 5.11 Å². The minimum atomic E-state index is -1.30. The Morgan fingerprint density at radius 1 is 1.09 bits per heavy atom. The smallest absolute Gasteiger partial charge is 0.322 e. The summed E-state index contributed by atoms with van der Waals surface area (Å²) >= 11 is 0. The number of hydrogen-bond acceptors (Lipinski definition) is 5. The van der Waals surface area contributed by atoms with E-state index >= 15 is 0 Å². The Bertz CT molecular complexity index is 1060. The number of benzene rings is 1. The van der Waals surface area contributed by atoms with Crippen molar-refractivity contribution in [3.8, 4) is 5.75 Å². The van der Waals surface area contributed by atoms with E-state index in [9.17, 15) is 24.3 Å². The van der Waals surface area contributed by atoms with Crippen LogP contribution in [0.25, 0.3) is 0 Å². The third kappa shape index (κ3) is 5.16. The lowest BCUT2D eigenvalue weighted by Crippen LogP contribution is -2.40. The number of rotatable bonds is 7. The molecule has 1 aromatic heterocycles. The molecule has 1 heterocycles. The second kappa shape index (κ2) is 10.1. The molecule has 32 heavy (non-hydrogen) atoms. The van der Waals surface area contributed by atoms with Crippen molar-refractivity contribution in [3.63, 3.8) is 0 Å². The molecule has 0 aliphatic heterocycles. The summed E-state index contributed by atoms with van der Waals surface area (Å²) in [4.78, 5) is 49.5. The first-order valence-corrected chi connectivity index (χ1v) is 10.6. The first kappa shape index (κ1) is 23.1. The number of carboxylic acids is 1. The number of aliphatic carboxylic acids is 1. The second-order valence-electron chi connectivity index (χ2n) is 7.95. The quantitative estimate of drug-likeness (QED) is 0.519. The van der Waals surface area contributed by atoms with Gasteiger partial charge in [0.1, 0.15) is 17.9 Å². The minimum Gasteiger partial charge on any atom is -0.506 e. The van der Waals surface area contributed by atoms with E-state index in [1.54, 1.807) is 31.2 Å². The number of carbonyl (C=O) groups is 3. The molecule has 0 saturated heterocycles. The SMILES string of the molecule is C[C@@H](c1ccccc1)n1cc(C(=O)NC2CCCCC2)c(O)c(C(=O)NCC(=O)O)c1=O. The number of nitrogens with zero attached hydrogens (tertiary/aromatic N) is 1. The van der Waals surface area contributed by atoms with E-state index < -0.39 is 47.2 Å². The fourth-order valence-corrected chi connectivity index (χ4v) is 3.93. The van der Waals surface area contributed by atoms with Gasteiger partial charge >= 0.3 is 5.97 Å². The molecule has 1 saturated carbocycles. The van der Waals surface area contributed by atoms with Crippen molar-refractivity contribution in [3.05, 3.63) is 63.6 Å². The van der Waals surface area contributed by atoms with Crippen LogP contribution in [0.4, 0.5) is 0 Å². The van der Waals surface area contributed by atoms with Gasteiger partial charge in [0, 0.05) is 12.2 Å². The summed E-state index contributed by atoms with van der Waals surface area (Å²) in [5.41, 5.74) is -0.935. The lowest BCUT2D eigenvalue weighted by Gasteiger charge is -2.24. The Morgan fingerprint density at radius 3 is 2.38 bits per heavy atom. The number of nitrogens with one attached hydrogen (secondary N) is 2. The molecule has 1 aliphatic carbocycles. The van der Waals surface area contributed by atoms with Gasteiger partial charge in [-0.15, -0.1) is 0 Å². The summed E-state index contributed by atoms with van der Waals surface area (Å²) in [7, 11) is 0. The van der Waals surface area contributed by atoms with E-state index in [1.807, 2.05) is 6.07 Å². The van der Waals surface area contributed by atoms with Crippen LogP contribution >= 0.6 is 0 Å². The van der Waals surface area contributed by atoms with E-state index in [0.29, 0.717) is 0 Å². The lowest BCUT2D eigenvalue weighted by molar-refractivity contribution is -0.135. The minimum absolute atomic E-state index is 0.0492. The molecule has 0 unspecified atom stereocenters. The third-order valence-corrected chi connectivity index (χ3v) is 5.72. The average Bonchev–Trinajstić information content (AvgIpc) is 2.78. The van der Waals surface area contributed by atoms with Crippen molar-refractivity contribution in [2.45, 2.75) is 51.1 Å².